The molecule has 1 aliphatic heterocycles. The van der Waals surface area contributed by atoms with Crippen molar-refractivity contribution in [1.29, 1.82) is 0 Å². The second-order valence-corrected chi connectivity index (χ2v) is 5.88. The van der Waals surface area contributed by atoms with E-state index in [0.29, 0.717) is 13.1 Å². The highest BCUT2D eigenvalue weighted by molar-refractivity contribution is 5.96. The zero-order valence-corrected chi connectivity index (χ0v) is 13.4. The van der Waals surface area contributed by atoms with Gasteiger partial charge in [0.2, 0.25) is 5.69 Å². The van der Waals surface area contributed by atoms with Crippen molar-refractivity contribution >= 4 is 11.6 Å². The van der Waals surface area contributed by atoms with E-state index in [0.717, 1.165) is 25.8 Å². The van der Waals surface area contributed by atoms with Crippen molar-refractivity contribution in [2.45, 2.75) is 13.5 Å². The molecule has 24 heavy (non-hydrogen) atoms. The van der Waals surface area contributed by atoms with Gasteiger partial charge in [-0.05, 0) is 18.1 Å². The van der Waals surface area contributed by atoms with Crippen LogP contribution < -0.4 is 0 Å². The normalized spacial score (nSPS) is 15.5. The highest BCUT2D eigenvalue weighted by atomic mass is 16.6. The maximum Gasteiger partial charge on any atom is 0.319 e. The van der Waals surface area contributed by atoms with Gasteiger partial charge in [-0.25, -0.2) is 0 Å². The van der Waals surface area contributed by atoms with Crippen LogP contribution in [0.15, 0.2) is 30.5 Å². The molecule has 8 heteroatoms. The van der Waals surface area contributed by atoms with Gasteiger partial charge in [-0.15, -0.1) is 0 Å². The number of benzene rings is 1. The number of amides is 1. The fourth-order valence-corrected chi connectivity index (χ4v) is 2.87. The SMILES string of the molecule is Cc1ccccc1CN1CCN(C(=O)c2[nH]ncc2[N+](=O)[O-])CC1. The Morgan fingerprint density at radius 1 is 1.29 bits per heavy atom. The summed E-state index contributed by atoms with van der Waals surface area (Å²) in [7, 11) is 0. The molecule has 1 fully saturated rings. The van der Waals surface area contributed by atoms with Gasteiger partial charge >= 0.3 is 5.69 Å². The number of aromatic nitrogens is 2. The summed E-state index contributed by atoms with van der Waals surface area (Å²) in [5.41, 5.74) is 2.21. The van der Waals surface area contributed by atoms with Crippen LogP contribution in [0.25, 0.3) is 0 Å². The number of nitrogens with one attached hydrogen (secondary N) is 1. The maximum absolute atomic E-state index is 12.4. The van der Waals surface area contributed by atoms with Crippen LogP contribution in [0.1, 0.15) is 21.6 Å². The van der Waals surface area contributed by atoms with Gasteiger partial charge in [0.05, 0.1) is 4.92 Å². The first-order valence-electron chi connectivity index (χ1n) is 7.80. The number of carbonyl (C=O) groups is 1. The minimum Gasteiger partial charge on any atom is -0.335 e. The predicted molar refractivity (Wildman–Crippen MR) is 87.6 cm³/mol. The second-order valence-electron chi connectivity index (χ2n) is 5.88. The van der Waals surface area contributed by atoms with Gasteiger partial charge in [0, 0.05) is 32.7 Å². The Hall–Kier alpha value is -2.74. The monoisotopic (exact) mass is 329 g/mol. The molecule has 3 rings (SSSR count). The smallest absolute Gasteiger partial charge is 0.319 e. The van der Waals surface area contributed by atoms with Gasteiger partial charge in [0.25, 0.3) is 5.91 Å². The summed E-state index contributed by atoms with van der Waals surface area (Å²) < 4.78 is 0. The van der Waals surface area contributed by atoms with Crippen molar-refractivity contribution in [3.8, 4) is 0 Å². The summed E-state index contributed by atoms with van der Waals surface area (Å²) in [5.74, 6) is -0.366. The van der Waals surface area contributed by atoms with Crippen LogP contribution >= 0.6 is 0 Å². The van der Waals surface area contributed by atoms with Gasteiger partial charge in [-0.2, -0.15) is 5.10 Å². The first-order valence-corrected chi connectivity index (χ1v) is 7.80. The second kappa shape index (κ2) is 6.79. The molecule has 1 aromatic heterocycles. The quantitative estimate of drug-likeness (QED) is 0.679. The van der Waals surface area contributed by atoms with Crippen LogP contribution in [-0.4, -0.2) is 57.0 Å². The summed E-state index contributed by atoms with van der Waals surface area (Å²) in [6, 6.07) is 8.25. The van der Waals surface area contributed by atoms with Crippen molar-refractivity contribution < 1.29 is 9.72 Å². The number of rotatable bonds is 4. The molecule has 1 saturated heterocycles. The molecule has 0 saturated carbocycles. The van der Waals surface area contributed by atoms with Crippen LogP contribution in [0.3, 0.4) is 0 Å². The lowest BCUT2D eigenvalue weighted by molar-refractivity contribution is -0.385. The highest BCUT2D eigenvalue weighted by Gasteiger charge is 2.29. The third-order valence-corrected chi connectivity index (χ3v) is 4.34. The van der Waals surface area contributed by atoms with E-state index in [1.165, 1.54) is 11.1 Å². The molecular formula is C16H19N5O3. The first-order chi connectivity index (χ1) is 11.6. The Bertz CT molecular complexity index is 750. The molecule has 0 radical (unpaired) electrons. The van der Waals surface area contributed by atoms with Crippen LogP contribution in [0.2, 0.25) is 0 Å². The van der Waals surface area contributed by atoms with Gasteiger partial charge in [0.15, 0.2) is 0 Å². The molecule has 1 amide bonds. The lowest BCUT2D eigenvalue weighted by Crippen LogP contribution is -2.48. The first kappa shape index (κ1) is 16.1. The van der Waals surface area contributed by atoms with E-state index < -0.39 is 4.92 Å². The third kappa shape index (κ3) is 3.28. The summed E-state index contributed by atoms with van der Waals surface area (Å²) in [6.07, 6.45) is 1.07. The fraction of sp³-hybridized carbons (Fsp3) is 0.375. The van der Waals surface area contributed by atoms with E-state index >= 15 is 0 Å². The average Bonchev–Trinajstić information content (AvgIpc) is 3.07. The molecular weight excluding hydrogens is 310 g/mol. The number of piperazine rings is 1. The van der Waals surface area contributed by atoms with Crippen LogP contribution in [0.5, 0.6) is 0 Å². The minimum atomic E-state index is -0.592. The molecule has 1 N–H and O–H groups in total. The number of hydrogen-bond acceptors (Lipinski definition) is 5. The highest BCUT2D eigenvalue weighted by Crippen LogP contribution is 2.18. The topological polar surface area (TPSA) is 95.4 Å². The van der Waals surface area contributed by atoms with E-state index in [2.05, 4.69) is 34.2 Å². The number of aromatic amines is 1. The molecule has 0 spiro atoms. The molecule has 0 atom stereocenters. The molecule has 2 aromatic rings. The van der Waals surface area contributed by atoms with Crippen LogP contribution in [0.4, 0.5) is 5.69 Å². The van der Waals surface area contributed by atoms with Crippen LogP contribution in [-0.2, 0) is 6.54 Å². The molecule has 1 aliphatic rings. The zero-order valence-electron chi connectivity index (χ0n) is 13.4. The molecule has 0 unspecified atom stereocenters. The molecule has 2 heterocycles. The van der Waals surface area contributed by atoms with E-state index in [1.807, 2.05) is 12.1 Å². The van der Waals surface area contributed by atoms with E-state index in [4.69, 9.17) is 0 Å². The minimum absolute atomic E-state index is 0.0487. The number of aryl methyl sites for hydroxylation is 1. The van der Waals surface area contributed by atoms with Crippen molar-refractivity contribution in [3.63, 3.8) is 0 Å². The van der Waals surface area contributed by atoms with Crippen molar-refractivity contribution in [2.75, 3.05) is 26.2 Å². The standard InChI is InChI=1S/C16H19N5O3/c1-12-4-2-3-5-13(12)11-19-6-8-20(9-7-19)16(22)15-14(21(23)24)10-17-18-15/h2-5,10H,6-9,11H2,1H3,(H,17,18). The predicted octanol–water partition coefficient (Wildman–Crippen LogP) is 1.58. The molecule has 0 aliphatic carbocycles. The van der Waals surface area contributed by atoms with Crippen molar-refractivity contribution in [3.05, 3.63) is 57.4 Å². The maximum atomic E-state index is 12.4. The Kier molecular flexibility index (Phi) is 4.57. The van der Waals surface area contributed by atoms with Crippen molar-refractivity contribution in [1.82, 2.24) is 20.0 Å². The third-order valence-electron chi connectivity index (χ3n) is 4.34. The van der Waals surface area contributed by atoms with Gasteiger partial charge in [-0.1, -0.05) is 24.3 Å². The molecule has 0 bridgehead atoms. The number of carbonyl (C=O) groups excluding carboxylic acids is 1. The summed E-state index contributed by atoms with van der Waals surface area (Å²) in [6.45, 7) is 5.50. The summed E-state index contributed by atoms with van der Waals surface area (Å²) in [5, 5.41) is 17.0. The molecule has 8 nitrogen and oxygen atoms in total. The lowest BCUT2D eigenvalue weighted by Gasteiger charge is -2.34. The number of hydrogen-bond donors (Lipinski definition) is 1. The Balaban J connectivity index is 1.61. The number of nitro groups is 1. The lowest BCUT2D eigenvalue weighted by atomic mass is 10.1. The van der Waals surface area contributed by atoms with Crippen LogP contribution in [0, 0.1) is 17.0 Å². The van der Waals surface area contributed by atoms with E-state index in [-0.39, 0.29) is 17.3 Å². The number of nitrogens with zero attached hydrogens (tertiary/aromatic N) is 4. The Morgan fingerprint density at radius 3 is 2.67 bits per heavy atom. The fourth-order valence-electron chi connectivity index (χ4n) is 2.87. The zero-order chi connectivity index (χ0) is 17.1. The molecule has 126 valence electrons. The largest absolute Gasteiger partial charge is 0.335 e. The average molecular weight is 329 g/mol. The Labute approximate surface area is 139 Å². The summed E-state index contributed by atoms with van der Waals surface area (Å²) >= 11 is 0. The van der Waals surface area contributed by atoms with E-state index in [9.17, 15) is 14.9 Å². The van der Waals surface area contributed by atoms with Gasteiger partial charge in [0.1, 0.15) is 6.20 Å². The molecule has 1 aromatic carbocycles. The van der Waals surface area contributed by atoms with Gasteiger partial charge < -0.3 is 4.90 Å². The Morgan fingerprint density at radius 2 is 2.00 bits per heavy atom. The van der Waals surface area contributed by atoms with Crippen molar-refractivity contribution in [2.24, 2.45) is 0 Å². The number of H-pyrrole nitrogens is 1. The summed E-state index contributed by atoms with van der Waals surface area (Å²) in [4.78, 5) is 26.7. The van der Waals surface area contributed by atoms with E-state index in [1.54, 1.807) is 4.90 Å². The van der Waals surface area contributed by atoms with Gasteiger partial charge in [-0.3, -0.25) is 24.9 Å².